The molecule has 166 valence electrons. The van der Waals surface area contributed by atoms with Gasteiger partial charge in [-0.25, -0.2) is 0 Å². The maximum atomic E-state index is 5.92. The van der Waals surface area contributed by atoms with Crippen molar-refractivity contribution >= 4 is 29.9 Å². The number of aryl methyl sites for hydroxylation is 1. The smallest absolute Gasteiger partial charge is 0.191 e. The van der Waals surface area contributed by atoms with Gasteiger partial charge in [0.05, 0.1) is 7.11 Å². The second-order valence-electron chi connectivity index (χ2n) is 6.54. The molecular weight excluding hydrogens is 507 g/mol. The summed E-state index contributed by atoms with van der Waals surface area (Å²) in [6, 6.07) is 15.5. The molecule has 2 aromatic carbocycles. The second-order valence-corrected chi connectivity index (χ2v) is 6.54. The Morgan fingerprint density at radius 1 is 1.06 bits per heavy atom. The number of nitrogens with zero attached hydrogens (tertiary/aromatic N) is 4. The third-order valence-electron chi connectivity index (χ3n) is 4.56. The summed E-state index contributed by atoms with van der Waals surface area (Å²) in [6.45, 7) is 4.24. The largest absolute Gasteiger partial charge is 0.493 e. The molecule has 0 bridgehead atoms. The van der Waals surface area contributed by atoms with Crippen molar-refractivity contribution in [3.8, 4) is 17.2 Å². The molecule has 0 atom stereocenters. The van der Waals surface area contributed by atoms with Crippen LogP contribution in [0.1, 0.15) is 18.3 Å². The lowest BCUT2D eigenvalue weighted by atomic mass is 10.2. The van der Waals surface area contributed by atoms with Gasteiger partial charge in [-0.3, -0.25) is 4.99 Å². The monoisotopic (exact) mass is 536 g/mol. The van der Waals surface area contributed by atoms with Gasteiger partial charge in [0.15, 0.2) is 17.5 Å². The van der Waals surface area contributed by atoms with Gasteiger partial charge in [-0.15, -0.1) is 34.2 Å². The van der Waals surface area contributed by atoms with E-state index in [-0.39, 0.29) is 24.0 Å². The highest BCUT2D eigenvalue weighted by molar-refractivity contribution is 14.0. The Kier molecular flexibility index (Phi) is 10.1. The highest BCUT2D eigenvalue weighted by Gasteiger charge is 2.05. The summed E-state index contributed by atoms with van der Waals surface area (Å²) in [5.74, 6) is 3.88. The fourth-order valence-electron chi connectivity index (χ4n) is 2.95. The van der Waals surface area contributed by atoms with E-state index in [1.807, 2.05) is 53.1 Å². The molecule has 0 unspecified atom stereocenters. The lowest BCUT2D eigenvalue weighted by Gasteiger charge is -2.13. The first-order valence-electron chi connectivity index (χ1n) is 9.94. The maximum absolute atomic E-state index is 5.92. The number of benzene rings is 2. The fourth-order valence-corrected chi connectivity index (χ4v) is 2.95. The summed E-state index contributed by atoms with van der Waals surface area (Å²) < 4.78 is 13.3. The summed E-state index contributed by atoms with van der Waals surface area (Å²) in [5.41, 5.74) is 1.12. The summed E-state index contributed by atoms with van der Waals surface area (Å²) in [4.78, 5) is 4.27. The zero-order valence-electron chi connectivity index (χ0n) is 18.0. The zero-order chi connectivity index (χ0) is 21.2. The van der Waals surface area contributed by atoms with Gasteiger partial charge in [-0.2, -0.15) is 0 Å². The molecule has 0 fully saturated rings. The van der Waals surface area contributed by atoms with E-state index in [1.54, 1.807) is 20.5 Å². The van der Waals surface area contributed by atoms with Gasteiger partial charge in [0.1, 0.15) is 17.9 Å². The number of aromatic nitrogens is 3. The van der Waals surface area contributed by atoms with Crippen LogP contribution >= 0.6 is 24.0 Å². The van der Waals surface area contributed by atoms with Crippen LogP contribution in [0.4, 0.5) is 0 Å². The van der Waals surface area contributed by atoms with Crippen molar-refractivity contribution in [3.63, 3.8) is 0 Å². The van der Waals surface area contributed by atoms with E-state index in [4.69, 9.17) is 9.47 Å². The number of aliphatic imine (C=N–C) groups is 1. The average molecular weight is 536 g/mol. The standard InChI is InChI=1S/C22H28N6O2.HI/c1-4-21-27-26-16-28(21)14-13-24-22(23-2)25-15-17-9-11-18(12-10-17)30-20-8-6-5-7-19(20)29-3;/h5-12,16H,4,13-15H2,1-3H3,(H2,23,24,25);1H. The van der Waals surface area contributed by atoms with Crippen molar-refractivity contribution < 1.29 is 9.47 Å². The molecule has 0 aliphatic heterocycles. The number of guanidine groups is 1. The van der Waals surface area contributed by atoms with E-state index < -0.39 is 0 Å². The minimum atomic E-state index is 0. The third-order valence-corrected chi connectivity index (χ3v) is 4.56. The predicted molar refractivity (Wildman–Crippen MR) is 133 cm³/mol. The van der Waals surface area contributed by atoms with E-state index >= 15 is 0 Å². The summed E-state index contributed by atoms with van der Waals surface area (Å²) >= 11 is 0. The summed E-state index contributed by atoms with van der Waals surface area (Å²) in [7, 11) is 3.39. The number of rotatable bonds is 9. The van der Waals surface area contributed by atoms with Gasteiger partial charge in [0.25, 0.3) is 0 Å². The quantitative estimate of drug-likeness (QED) is 0.247. The minimum Gasteiger partial charge on any atom is -0.493 e. The van der Waals surface area contributed by atoms with E-state index in [0.717, 1.165) is 42.6 Å². The van der Waals surface area contributed by atoms with Crippen molar-refractivity contribution in [3.05, 3.63) is 66.2 Å². The Labute approximate surface area is 200 Å². The Hall–Kier alpha value is -2.82. The molecule has 1 heterocycles. The van der Waals surface area contributed by atoms with Crippen LogP contribution in [0.25, 0.3) is 0 Å². The molecule has 0 aliphatic carbocycles. The second kappa shape index (κ2) is 12.8. The molecule has 3 aromatic rings. The lowest BCUT2D eigenvalue weighted by Crippen LogP contribution is -2.38. The minimum absolute atomic E-state index is 0. The van der Waals surface area contributed by atoms with Gasteiger partial charge in [-0.05, 0) is 29.8 Å². The third kappa shape index (κ3) is 7.12. The number of hydrogen-bond acceptors (Lipinski definition) is 5. The van der Waals surface area contributed by atoms with Crippen LogP contribution < -0.4 is 20.1 Å². The number of ether oxygens (including phenoxy) is 2. The molecule has 3 rings (SSSR count). The van der Waals surface area contributed by atoms with Crippen molar-refractivity contribution in [1.29, 1.82) is 0 Å². The van der Waals surface area contributed by atoms with Crippen LogP contribution in [-0.4, -0.2) is 41.4 Å². The van der Waals surface area contributed by atoms with E-state index in [9.17, 15) is 0 Å². The molecule has 0 radical (unpaired) electrons. The molecule has 0 saturated heterocycles. The first-order chi connectivity index (χ1) is 14.7. The molecule has 2 N–H and O–H groups in total. The Balaban J connectivity index is 0.00000341. The van der Waals surface area contributed by atoms with Crippen molar-refractivity contribution in [2.45, 2.75) is 26.4 Å². The van der Waals surface area contributed by atoms with Gasteiger partial charge in [0, 0.05) is 33.1 Å². The maximum Gasteiger partial charge on any atom is 0.191 e. The van der Waals surface area contributed by atoms with Crippen LogP contribution in [0.2, 0.25) is 0 Å². The number of hydrogen-bond donors (Lipinski definition) is 2. The molecule has 1 aromatic heterocycles. The first kappa shape index (κ1) is 24.4. The normalized spacial score (nSPS) is 10.9. The van der Waals surface area contributed by atoms with Crippen LogP contribution in [0, 0.1) is 0 Å². The zero-order valence-corrected chi connectivity index (χ0v) is 20.4. The Bertz CT molecular complexity index is 959. The van der Waals surface area contributed by atoms with Crippen molar-refractivity contribution in [2.75, 3.05) is 20.7 Å². The molecular formula is C22H29IN6O2. The topological polar surface area (TPSA) is 85.6 Å². The average Bonchev–Trinajstić information content (AvgIpc) is 3.25. The SMILES string of the molecule is CCc1nncn1CCNC(=NC)NCc1ccc(Oc2ccccc2OC)cc1.I. The molecule has 31 heavy (non-hydrogen) atoms. The number of para-hydroxylation sites is 2. The van der Waals surface area contributed by atoms with Gasteiger partial charge in [-0.1, -0.05) is 31.2 Å². The highest BCUT2D eigenvalue weighted by atomic mass is 127. The molecule has 9 heteroatoms. The summed E-state index contributed by atoms with van der Waals surface area (Å²) in [6.07, 6.45) is 2.62. The molecule has 0 saturated carbocycles. The van der Waals surface area contributed by atoms with Crippen LogP contribution in [0.15, 0.2) is 59.9 Å². The van der Waals surface area contributed by atoms with Crippen LogP contribution in [0.5, 0.6) is 17.2 Å². The van der Waals surface area contributed by atoms with Crippen molar-refractivity contribution in [2.24, 2.45) is 4.99 Å². The number of nitrogens with one attached hydrogen (secondary N) is 2. The molecule has 0 aliphatic rings. The van der Waals surface area contributed by atoms with E-state index in [1.165, 1.54) is 0 Å². The van der Waals surface area contributed by atoms with Crippen LogP contribution in [0.3, 0.4) is 0 Å². The lowest BCUT2D eigenvalue weighted by molar-refractivity contribution is 0.379. The highest BCUT2D eigenvalue weighted by Crippen LogP contribution is 2.30. The van der Waals surface area contributed by atoms with Crippen molar-refractivity contribution in [1.82, 2.24) is 25.4 Å². The predicted octanol–water partition coefficient (Wildman–Crippen LogP) is 3.62. The van der Waals surface area contributed by atoms with Gasteiger partial charge in [0.2, 0.25) is 0 Å². The number of methoxy groups -OCH3 is 1. The van der Waals surface area contributed by atoms with Crippen LogP contribution in [-0.2, 0) is 19.5 Å². The van der Waals surface area contributed by atoms with Gasteiger partial charge >= 0.3 is 0 Å². The number of halogens is 1. The Morgan fingerprint density at radius 3 is 2.48 bits per heavy atom. The first-order valence-corrected chi connectivity index (χ1v) is 9.94. The van der Waals surface area contributed by atoms with Gasteiger partial charge < -0.3 is 24.7 Å². The van der Waals surface area contributed by atoms with E-state index in [0.29, 0.717) is 18.0 Å². The Morgan fingerprint density at radius 2 is 1.81 bits per heavy atom. The molecule has 0 amide bonds. The fraction of sp³-hybridized carbons (Fsp3) is 0.318. The molecule has 0 spiro atoms. The van der Waals surface area contributed by atoms with E-state index in [2.05, 4.69) is 32.7 Å². The molecule has 8 nitrogen and oxygen atoms in total. The summed E-state index contributed by atoms with van der Waals surface area (Å²) in [5, 5.41) is 14.7.